The van der Waals surface area contributed by atoms with Crippen molar-refractivity contribution >= 4 is 17.5 Å². The van der Waals surface area contributed by atoms with E-state index in [-0.39, 0.29) is 17.2 Å². The van der Waals surface area contributed by atoms with Crippen molar-refractivity contribution < 1.29 is 9.90 Å². The van der Waals surface area contributed by atoms with Crippen LogP contribution in [0, 0.1) is 0 Å². The summed E-state index contributed by atoms with van der Waals surface area (Å²) < 4.78 is 0. The van der Waals surface area contributed by atoms with Gasteiger partial charge in [-0.05, 0) is 23.8 Å². The Bertz CT molecular complexity index is 584. The molecule has 0 aliphatic rings. The number of halogens is 1. The number of carbonyl (C=O) groups excluding carboxylic acids is 1. The van der Waals surface area contributed by atoms with Crippen molar-refractivity contribution in [2.45, 2.75) is 6.54 Å². The van der Waals surface area contributed by atoms with Crippen LogP contribution in [-0.4, -0.2) is 27.9 Å². The third-order valence-corrected chi connectivity index (χ3v) is 2.96. The molecule has 1 aromatic carbocycles. The van der Waals surface area contributed by atoms with Gasteiger partial charge in [0.05, 0.1) is 11.8 Å². The molecule has 5 heteroatoms. The summed E-state index contributed by atoms with van der Waals surface area (Å²) in [7, 11) is 1.68. The molecule has 0 radical (unpaired) electrons. The lowest BCUT2D eigenvalue weighted by molar-refractivity contribution is 0.0782. The van der Waals surface area contributed by atoms with Crippen molar-refractivity contribution in [2.24, 2.45) is 0 Å². The van der Waals surface area contributed by atoms with E-state index in [1.165, 1.54) is 23.4 Å². The minimum Gasteiger partial charge on any atom is -0.505 e. The van der Waals surface area contributed by atoms with Crippen LogP contribution in [0.15, 0.2) is 42.7 Å². The van der Waals surface area contributed by atoms with E-state index in [0.717, 1.165) is 5.56 Å². The third kappa shape index (κ3) is 3.23. The van der Waals surface area contributed by atoms with Crippen LogP contribution in [0.25, 0.3) is 0 Å². The fourth-order valence-corrected chi connectivity index (χ4v) is 1.83. The monoisotopic (exact) mass is 276 g/mol. The summed E-state index contributed by atoms with van der Waals surface area (Å²) in [5.74, 6) is -0.370. The van der Waals surface area contributed by atoms with Crippen LogP contribution in [-0.2, 0) is 6.54 Å². The van der Waals surface area contributed by atoms with E-state index in [2.05, 4.69) is 4.98 Å². The molecule has 0 aliphatic heterocycles. The number of hydrogen-bond acceptors (Lipinski definition) is 3. The van der Waals surface area contributed by atoms with Gasteiger partial charge in [0, 0.05) is 24.8 Å². The highest BCUT2D eigenvalue weighted by atomic mass is 35.5. The Morgan fingerprint density at radius 3 is 2.63 bits per heavy atom. The standard InChI is InChI=1S/C14H13ClN2O2/c1-17(9-10-2-4-11(15)5-3-10)14(19)12-6-7-16-8-13(12)18/h2-8,18H,9H2,1H3. The maximum atomic E-state index is 12.1. The summed E-state index contributed by atoms with van der Waals surface area (Å²) in [5.41, 5.74) is 1.21. The fourth-order valence-electron chi connectivity index (χ4n) is 1.71. The first-order chi connectivity index (χ1) is 9.08. The second-order valence-electron chi connectivity index (χ2n) is 4.18. The molecule has 0 aliphatic carbocycles. The van der Waals surface area contributed by atoms with E-state index in [1.54, 1.807) is 19.2 Å². The van der Waals surface area contributed by atoms with Crippen LogP contribution in [0.3, 0.4) is 0 Å². The molecule has 1 N–H and O–H groups in total. The molecule has 0 bridgehead atoms. The molecule has 0 fully saturated rings. The Morgan fingerprint density at radius 1 is 1.32 bits per heavy atom. The van der Waals surface area contributed by atoms with Gasteiger partial charge in [0.15, 0.2) is 0 Å². The molecule has 2 aromatic rings. The van der Waals surface area contributed by atoms with E-state index >= 15 is 0 Å². The zero-order valence-corrected chi connectivity index (χ0v) is 11.1. The van der Waals surface area contributed by atoms with Gasteiger partial charge in [-0.25, -0.2) is 0 Å². The van der Waals surface area contributed by atoms with Crippen molar-refractivity contribution in [3.8, 4) is 5.75 Å². The Hall–Kier alpha value is -2.07. The van der Waals surface area contributed by atoms with Crippen LogP contribution in [0.5, 0.6) is 5.75 Å². The van der Waals surface area contributed by atoms with Gasteiger partial charge in [0.2, 0.25) is 0 Å². The summed E-state index contributed by atoms with van der Waals surface area (Å²) in [6.07, 6.45) is 2.73. The molecule has 1 heterocycles. The SMILES string of the molecule is CN(Cc1ccc(Cl)cc1)C(=O)c1ccncc1O. The van der Waals surface area contributed by atoms with E-state index in [0.29, 0.717) is 11.6 Å². The average molecular weight is 277 g/mol. The van der Waals surface area contributed by atoms with Gasteiger partial charge < -0.3 is 10.0 Å². The minimum absolute atomic E-state index is 0.115. The highest BCUT2D eigenvalue weighted by Crippen LogP contribution is 2.17. The van der Waals surface area contributed by atoms with Crippen molar-refractivity contribution in [1.29, 1.82) is 0 Å². The van der Waals surface area contributed by atoms with Crippen molar-refractivity contribution in [3.63, 3.8) is 0 Å². The topological polar surface area (TPSA) is 53.4 Å². The average Bonchev–Trinajstić information content (AvgIpc) is 2.41. The Kier molecular flexibility index (Phi) is 4.02. The molecular weight excluding hydrogens is 264 g/mol. The Balaban J connectivity index is 2.12. The predicted octanol–water partition coefficient (Wildman–Crippen LogP) is 2.71. The lowest BCUT2D eigenvalue weighted by Gasteiger charge is -2.17. The lowest BCUT2D eigenvalue weighted by atomic mass is 10.2. The van der Waals surface area contributed by atoms with Crippen molar-refractivity contribution in [1.82, 2.24) is 9.88 Å². The molecule has 2 rings (SSSR count). The van der Waals surface area contributed by atoms with Crippen molar-refractivity contribution in [3.05, 3.63) is 58.9 Å². The van der Waals surface area contributed by atoms with E-state index in [1.807, 2.05) is 12.1 Å². The first kappa shape index (κ1) is 13.4. The van der Waals surface area contributed by atoms with E-state index in [4.69, 9.17) is 11.6 Å². The number of pyridine rings is 1. The molecule has 1 aromatic heterocycles. The van der Waals surface area contributed by atoms with E-state index < -0.39 is 0 Å². The minimum atomic E-state index is -0.255. The summed E-state index contributed by atoms with van der Waals surface area (Å²) in [4.78, 5) is 17.4. The number of hydrogen-bond donors (Lipinski definition) is 1. The fraction of sp³-hybridized carbons (Fsp3) is 0.143. The Morgan fingerprint density at radius 2 is 2.00 bits per heavy atom. The maximum absolute atomic E-state index is 12.1. The number of nitrogens with zero attached hydrogens (tertiary/aromatic N) is 2. The second-order valence-corrected chi connectivity index (χ2v) is 4.62. The highest BCUT2D eigenvalue weighted by Gasteiger charge is 2.15. The smallest absolute Gasteiger partial charge is 0.257 e. The van der Waals surface area contributed by atoms with Crippen molar-refractivity contribution in [2.75, 3.05) is 7.05 Å². The summed E-state index contributed by atoms with van der Waals surface area (Å²) in [6, 6.07) is 8.77. The van der Waals surface area contributed by atoms with Crippen LogP contribution in [0.4, 0.5) is 0 Å². The quantitative estimate of drug-likeness (QED) is 0.938. The van der Waals surface area contributed by atoms with E-state index in [9.17, 15) is 9.90 Å². The van der Waals surface area contributed by atoms with Crippen LogP contribution >= 0.6 is 11.6 Å². The molecule has 0 unspecified atom stereocenters. The number of aromatic hydroxyl groups is 1. The van der Waals surface area contributed by atoms with Gasteiger partial charge in [-0.1, -0.05) is 23.7 Å². The zero-order valence-electron chi connectivity index (χ0n) is 10.4. The molecule has 1 amide bonds. The molecule has 0 spiro atoms. The maximum Gasteiger partial charge on any atom is 0.257 e. The van der Waals surface area contributed by atoms with Gasteiger partial charge in [0.1, 0.15) is 5.75 Å². The number of amides is 1. The molecule has 0 saturated heterocycles. The lowest BCUT2D eigenvalue weighted by Crippen LogP contribution is -2.26. The first-order valence-electron chi connectivity index (χ1n) is 5.71. The van der Waals surface area contributed by atoms with Gasteiger partial charge >= 0.3 is 0 Å². The molecule has 98 valence electrons. The van der Waals surface area contributed by atoms with Gasteiger partial charge in [-0.15, -0.1) is 0 Å². The molecule has 19 heavy (non-hydrogen) atoms. The molecule has 4 nitrogen and oxygen atoms in total. The molecule has 0 saturated carbocycles. The number of aromatic nitrogens is 1. The second kappa shape index (κ2) is 5.71. The predicted molar refractivity (Wildman–Crippen MR) is 73.2 cm³/mol. The normalized spacial score (nSPS) is 10.2. The number of rotatable bonds is 3. The first-order valence-corrected chi connectivity index (χ1v) is 6.08. The van der Waals surface area contributed by atoms with Gasteiger partial charge in [0.25, 0.3) is 5.91 Å². The third-order valence-electron chi connectivity index (χ3n) is 2.71. The molecule has 0 atom stereocenters. The van der Waals surface area contributed by atoms with Crippen LogP contribution < -0.4 is 0 Å². The largest absolute Gasteiger partial charge is 0.505 e. The number of benzene rings is 1. The summed E-state index contributed by atoms with van der Waals surface area (Å²) in [5, 5.41) is 10.3. The van der Waals surface area contributed by atoms with Gasteiger partial charge in [-0.2, -0.15) is 0 Å². The zero-order chi connectivity index (χ0) is 13.8. The number of carbonyl (C=O) groups is 1. The summed E-state index contributed by atoms with van der Waals surface area (Å²) >= 11 is 5.81. The Labute approximate surface area is 116 Å². The highest BCUT2D eigenvalue weighted by molar-refractivity contribution is 6.30. The van der Waals surface area contributed by atoms with Gasteiger partial charge in [-0.3, -0.25) is 9.78 Å². The summed E-state index contributed by atoms with van der Waals surface area (Å²) in [6.45, 7) is 0.442. The van der Waals surface area contributed by atoms with Crippen LogP contribution in [0.2, 0.25) is 5.02 Å². The van der Waals surface area contributed by atoms with Crippen LogP contribution in [0.1, 0.15) is 15.9 Å². The molecular formula is C14H13ClN2O2.